The molecular weight excluding hydrogens is 580 g/mol. The molecule has 0 saturated carbocycles. The number of aromatic amines is 1. The van der Waals surface area contributed by atoms with E-state index in [0.29, 0.717) is 22.4 Å². The maximum atomic E-state index is 14.2. The molecule has 0 aliphatic heterocycles. The predicted octanol–water partition coefficient (Wildman–Crippen LogP) is 6.17. The van der Waals surface area contributed by atoms with Gasteiger partial charge in [-0.2, -0.15) is 0 Å². The normalized spacial score (nSPS) is 10.7. The molecule has 9 nitrogen and oxygen atoms in total. The third kappa shape index (κ3) is 6.65. The van der Waals surface area contributed by atoms with E-state index in [-0.39, 0.29) is 40.4 Å². The van der Waals surface area contributed by atoms with E-state index in [1.54, 1.807) is 31.2 Å². The van der Waals surface area contributed by atoms with Crippen LogP contribution in [0.1, 0.15) is 16.8 Å². The van der Waals surface area contributed by atoms with Crippen LogP contribution in [0, 0.1) is 28.7 Å². The number of nitrogens with zero attached hydrogens (tertiary/aromatic N) is 1. The predicted molar refractivity (Wildman–Crippen MR) is 142 cm³/mol. The van der Waals surface area contributed by atoms with Gasteiger partial charge in [-0.25, -0.2) is 13.6 Å². The topological polar surface area (TPSA) is 124 Å². The Balaban J connectivity index is 1.52. The second-order valence-electron chi connectivity index (χ2n) is 8.32. The van der Waals surface area contributed by atoms with E-state index in [0.717, 1.165) is 12.1 Å². The highest BCUT2D eigenvalue weighted by atomic mass is 79.9. The lowest BCUT2D eigenvalue weighted by Crippen LogP contribution is -2.26. The average Bonchev–Trinajstić information content (AvgIpc) is 2.90. The molecule has 39 heavy (non-hydrogen) atoms. The van der Waals surface area contributed by atoms with Crippen LogP contribution in [0.15, 0.2) is 76.0 Å². The fourth-order valence-corrected chi connectivity index (χ4v) is 4.14. The minimum atomic E-state index is -0.775. The zero-order valence-corrected chi connectivity index (χ0v) is 21.9. The van der Waals surface area contributed by atoms with Crippen LogP contribution in [0.4, 0.5) is 19.3 Å². The number of nitro benzene ring substituents is 1. The fraction of sp³-hybridized carbons (Fsp3) is 0.111. The molecule has 0 aliphatic carbocycles. The summed E-state index contributed by atoms with van der Waals surface area (Å²) in [6, 6.07) is 15.3. The second kappa shape index (κ2) is 11.9. The van der Waals surface area contributed by atoms with Crippen molar-refractivity contribution in [2.24, 2.45) is 0 Å². The summed E-state index contributed by atoms with van der Waals surface area (Å²) in [5.41, 5.74) is 1.87. The van der Waals surface area contributed by atoms with Gasteiger partial charge >= 0.3 is 6.09 Å². The van der Waals surface area contributed by atoms with Crippen molar-refractivity contribution >= 4 is 27.7 Å². The molecule has 0 radical (unpaired) electrons. The van der Waals surface area contributed by atoms with Crippen molar-refractivity contribution in [2.45, 2.75) is 20.1 Å². The zero-order valence-electron chi connectivity index (χ0n) is 20.3. The Labute approximate surface area is 228 Å². The van der Waals surface area contributed by atoms with Crippen LogP contribution in [0.3, 0.4) is 0 Å². The standard InChI is InChI=1S/C27H20BrF2N3O6/c1-15-23(25(24(28)26(34)32-15)38-14-18-5-6-19(29)12-22(18)30)17-4-2-3-16(11-17)13-31-27(35)39-21-9-7-20(8-10-21)33(36)37/h2-12H,13-14H2,1H3,(H,31,35)(H,32,34). The first-order valence-corrected chi connectivity index (χ1v) is 12.2. The number of carbonyl (C=O) groups is 1. The summed E-state index contributed by atoms with van der Waals surface area (Å²) in [6.45, 7) is 1.51. The summed E-state index contributed by atoms with van der Waals surface area (Å²) in [7, 11) is 0. The second-order valence-corrected chi connectivity index (χ2v) is 9.11. The van der Waals surface area contributed by atoms with Crippen LogP contribution in [0.25, 0.3) is 11.1 Å². The lowest BCUT2D eigenvalue weighted by atomic mass is 10.0. The highest BCUT2D eigenvalue weighted by Gasteiger charge is 2.19. The van der Waals surface area contributed by atoms with Crippen LogP contribution in [-0.4, -0.2) is 16.0 Å². The van der Waals surface area contributed by atoms with E-state index in [9.17, 15) is 28.5 Å². The Morgan fingerprint density at radius 2 is 1.85 bits per heavy atom. The van der Waals surface area contributed by atoms with Crippen LogP contribution in [-0.2, 0) is 13.2 Å². The Hall–Kier alpha value is -4.58. The fourth-order valence-electron chi connectivity index (χ4n) is 3.73. The first-order valence-electron chi connectivity index (χ1n) is 11.4. The monoisotopic (exact) mass is 599 g/mol. The molecule has 0 aliphatic rings. The van der Waals surface area contributed by atoms with E-state index in [1.807, 2.05) is 0 Å². The van der Waals surface area contributed by atoms with Crippen molar-refractivity contribution in [1.82, 2.24) is 10.3 Å². The van der Waals surface area contributed by atoms with Crippen molar-refractivity contribution in [3.8, 4) is 22.6 Å². The number of aryl methyl sites for hydroxylation is 1. The number of halogens is 3. The third-order valence-electron chi connectivity index (χ3n) is 5.60. The van der Waals surface area contributed by atoms with Crippen molar-refractivity contribution < 1.29 is 28.0 Å². The van der Waals surface area contributed by atoms with Gasteiger partial charge in [0.05, 0.1) is 4.92 Å². The smallest absolute Gasteiger partial charge is 0.412 e. The number of benzene rings is 3. The number of carbonyl (C=O) groups excluding carboxylic acids is 1. The van der Waals surface area contributed by atoms with Gasteiger partial charge < -0.3 is 19.8 Å². The number of H-pyrrole nitrogens is 1. The van der Waals surface area contributed by atoms with Gasteiger partial charge in [-0.05, 0) is 64.3 Å². The number of non-ortho nitro benzene ring substituents is 1. The Morgan fingerprint density at radius 1 is 1.10 bits per heavy atom. The van der Waals surface area contributed by atoms with Crippen LogP contribution in [0.2, 0.25) is 0 Å². The molecule has 4 aromatic rings. The molecule has 1 heterocycles. The number of nitro groups is 1. The number of nitrogens with one attached hydrogen (secondary N) is 2. The zero-order chi connectivity index (χ0) is 28.1. The molecule has 0 bridgehead atoms. The SMILES string of the molecule is Cc1[nH]c(=O)c(Br)c(OCc2ccc(F)cc2F)c1-c1cccc(CNC(=O)Oc2ccc([N+](=O)[O-])cc2)c1. The molecule has 2 N–H and O–H groups in total. The van der Waals surface area contributed by atoms with Gasteiger partial charge in [0.25, 0.3) is 11.2 Å². The van der Waals surface area contributed by atoms with E-state index < -0.39 is 28.2 Å². The van der Waals surface area contributed by atoms with Gasteiger partial charge in [0.1, 0.15) is 34.2 Å². The number of aromatic nitrogens is 1. The molecule has 0 saturated heterocycles. The lowest BCUT2D eigenvalue weighted by Gasteiger charge is -2.17. The van der Waals surface area contributed by atoms with Gasteiger partial charge in [0.15, 0.2) is 0 Å². The Bertz CT molecular complexity index is 1610. The maximum absolute atomic E-state index is 14.2. The summed E-state index contributed by atoms with van der Waals surface area (Å²) in [5.74, 6) is -1.18. The van der Waals surface area contributed by atoms with Gasteiger partial charge in [-0.15, -0.1) is 0 Å². The summed E-state index contributed by atoms with van der Waals surface area (Å²) in [4.78, 5) is 37.6. The Kier molecular flexibility index (Phi) is 8.35. The molecule has 0 unspecified atom stereocenters. The molecule has 1 amide bonds. The lowest BCUT2D eigenvalue weighted by molar-refractivity contribution is -0.384. The third-order valence-corrected chi connectivity index (χ3v) is 6.32. The van der Waals surface area contributed by atoms with Crippen LogP contribution in [0.5, 0.6) is 11.5 Å². The first-order chi connectivity index (χ1) is 18.6. The molecule has 0 atom stereocenters. The quantitative estimate of drug-likeness (QED) is 0.184. The molecule has 0 spiro atoms. The summed E-state index contributed by atoms with van der Waals surface area (Å²) in [5, 5.41) is 13.4. The molecular formula is C27H20BrF2N3O6. The van der Waals surface area contributed by atoms with Crippen LogP contribution >= 0.6 is 15.9 Å². The average molecular weight is 600 g/mol. The highest BCUT2D eigenvalue weighted by Crippen LogP contribution is 2.37. The number of amides is 1. The van der Waals surface area contributed by atoms with E-state index in [2.05, 4.69) is 26.2 Å². The highest BCUT2D eigenvalue weighted by molar-refractivity contribution is 9.10. The maximum Gasteiger partial charge on any atom is 0.412 e. The number of hydrogen-bond acceptors (Lipinski definition) is 6. The summed E-state index contributed by atoms with van der Waals surface area (Å²) >= 11 is 3.25. The number of pyridine rings is 1. The first kappa shape index (κ1) is 27.5. The number of hydrogen-bond donors (Lipinski definition) is 2. The molecule has 0 fully saturated rings. The van der Waals surface area contributed by atoms with Crippen LogP contribution < -0.4 is 20.3 Å². The van der Waals surface area contributed by atoms with Gasteiger partial charge in [-0.1, -0.05) is 18.2 Å². The Morgan fingerprint density at radius 3 is 2.54 bits per heavy atom. The number of rotatable bonds is 8. The minimum absolute atomic E-state index is 0.0835. The van der Waals surface area contributed by atoms with Gasteiger partial charge in [0, 0.05) is 41.6 Å². The molecule has 4 rings (SSSR count). The van der Waals surface area contributed by atoms with Crippen molar-refractivity contribution in [3.05, 3.63) is 120 Å². The molecule has 3 aromatic carbocycles. The summed E-state index contributed by atoms with van der Waals surface area (Å²) in [6.07, 6.45) is -0.762. The van der Waals surface area contributed by atoms with Gasteiger partial charge in [-0.3, -0.25) is 14.9 Å². The van der Waals surface area contributed by atoms with E-state index >= 15 is 0 Å². The number of ether oxygens (including phenoxy) is 2. The summed E-state index contributed by atoms with van der Waals surface area (Å²) < 4.78 is 38.5. The largest absolute Gasteiger partial charge is 0.487 e. The molecule has 1 aromatic heterocycles. The van der Waals surface area contributed by atoms with Crippen molar-refractivity contribution in [3.63, 3.8) is 0 Å². The molecule has 12 heteroatoms. The molecule has 200 valence electrons. The van der Waals surface area contributed by atoms with Gasteiger partial charge in [0.2, 0.25) is 0 Å². The van der Waals surface area contributed by atoms with Crippen molar-refractivity contribution in [1.29, 1.82) is 0 Å². The van der Waals surface area contributed by atoms with E-state index in [4.69, 9.17) is 9.47 Å². The van der Waals surface area contributed by atoms with Crippen molar-refractivity contribution in [2.75, 3.05) is 0 Å². The van der Waals surface area contributed by atoms with E-state index in [1.165, 1.54) is 30.3 Å². The minimum Gasteiger partial charge on any atom is -0.487 e.